The zero-order chi connectivity index (χ0) is 41.3. The average Bonchev–Trinajstić information content (AvgIpc) is 3.77. The maximum Gasteiger partial charge on any atom is 0.0541 e. The Hall–Kier alpha value is -7.10. The molecule has 292 valence electrons. The lowest BCUT2D eigenvalue weighted by atomic mass is 10.1. The Labute approximate surface area is 349 Å². The van der Waals surface area contributed by atoms with E-state index in [1.165, 1.54) is 65.9 Å². The number of aryl methyl sites for hydroxylation is 4. The Kier molecular flexibility index (Phi) is 12.5. The van der Waals surface area contributed by atoms with Gasteiger partial charge in [0.15, 0.2) is 0 Å². The van der Waals surface area contributed by atoms with Crippen LogP contribution in [0.4, 0.5) is 11.4 Å². The van der Waals surface area contributed by atoms with Gasteiger partial charge in [0.25, 0.3) is 0 Å². The van der Waals surface area contributed by atoms with E-state index in [0.29, 0.717) is 0 Å². The van der Waals surface area contributed by atoms with Gasteiger partial charge in [-0.25, -0.2) is 0 Å². The molecule has 3 nitrogen and oxygen atoms in total. The van der Waals surface area contributed by atoms with Crippen molar-refractivity contribution in [3.8, 4) is 5.69 Å². The number of rotatable bonds is 4. The predicted molar refractivity (Wildman–Crippen MR) is 258 cm³/mol. The Morgan fingerprint density at radius 2 is 0.831 bits per heavy atom. The molecule has 0 aliphatic carbocycles. The largest absolute Gasteiger partial charge is 0.345 e. The van der Waals surface area contributed by atoms with E-state index >= 15 is 0 Å². The highest BCUT2D eigenvalue weighted by molar-refractivity contribution is 6.13. The second kappa shape index (κ2) is 18.4. The number of para-hydroxylation sites is 2. The second-order valence-corrected chi connectivity index (χ2v) is 15.2. The van der Waals surface area contributed by atoms with Gasteiger partial charge in [-0.3, -0.25) is 0 Å². The van der Waals surface area contributed by atoms with Crippen LogP contribution in [0.15, 0.2) is 207 Å². The Balaban J connectivity index is 0.000000203. The van der Waals surface area contributed by atoms with Crippen LogP contribution in [0.1, 0.15) is 29.2 Å². The first-order chi connectivity index (χ1) is 28.7. The van der Waals surface area contributed by atoms with Crippen molar-refractivity contribution < 1.29 is 0 Å². The third kappa shape index (κ3) is 9.22. The minimum atomic E-state index is 1.01. The molecule has 10 rings (SSSR count). The van der Waals surface area contributed by atoms with Crippen molar-refractivity contribution in [2.75, 3.05) is 11.9 Å². The van der Waals surface area contributed by atoms with E-state index in [2.05, 4.69) is 208 Å². The van der Waals surface area contributed by atoms with Gasteiger partial charge in [0.1, 0.15) is 0 Å². The summed E-state index contributed by atoms with van der Waals surface area (Å²) in [6, 6.07) is 70.3. The molecule has 8 aromatic carbocycles. The van der Waals surface area contributed by atoms with E-state index in [0.717, 1.165) is 22.8 Å². The quantitative estimate of drug-likeness (QED) is 0.174. The van der Waals surface area contributed by atoms with Gasteiger partial charge in [-0.15, -0.1) is 0 Å². The summed E-state index contributed by atoms with van der Waals surface area (Å²) < 4.78 is 4.67. The summed E-state index contributed by atoms with van der Waals surface area (Å²) in [7, 11) is 2.12. The lowest BCUT2D eigenvalue weighted by molar-refractivity contribution is 1.17. The summed E-state index contributed by atoms with van der Waals surface area (Å²) in [6.07, 6.45) is 0. The molecule has 0 unspecified atom stereocenters. The molecule has 59 heavy (non-hydrogen) atoms. The monoisotopic (exact) mass is 767 g/mol. The molecule has 0 atom stereocenters. The number of anilines is 2. The van der Waals surface area contributed by atoms with E-state index in [9.17, 15) is 0 Å². The standard InChI is InChI=1S/C35H29N3.3C7H8/c1-23(2)37-33-18-15-26(36(4)25-10-6-5-7-11-25)21-30(33)31-22-27(16-19-34(31)37)38-32-13-9-8-12-28(32)29-20-24(3)14-17-35(29)38;3*1-7-5-3-2-4-6-7/h5-22H,1H2,2-4H3;3*2-6H,1H3. The first kappa shape index (κ1) is 40.1. The molecule has 0 radical (unpaired) electrons. The lowest BCUT2D eigenvalue weighted by Gasteiger charge is -2.19. The second-order valence-electron chi connectivity index (χ2n) is 15.2. The summed E-state index contributed by atoms with van der Waals surface area (Å²) in [5.74, 6) is 0. The molecule has 0 bridgehead atoms. The number of nitrogens with zero attached hydrogens (tertiary/aromatic N) is 3. The molecule has 0 amide bonds. The molecule has 0 fully saturated rings. The molecular formula is C56H53N3. The van der Waals surface area contributed by atoms with Crippen molar-refractivity contribution in [3.63, 3.8) is 0 Å². The fraction of sp³-hybridized carbons (Fsp3) is 0.107. The first-order valence-electron chi connectivity index (χ1n) is 20.3. The van der Waals surface area contributed by atoms with Gasteiger partial charge in [-0.05, 0) is 101 Å². The van der Waals surface area contributed by atoms with Crippen molar-refractivity contribution in [1.82, 2.24) is 9.13 Å². The van der Waals surface area contributed by atoms with Gasteiger partial charge >= 0.3 is 0 Å². The number of allylic oxidation sites excluding steroid dienone is 1. The van der Waals surface area contributed by atoms with E-state index in [1.54, 1.807) is 0 Å². The number of aromatic nitrogens is 2. The smallest absolute Gasteiger partial charge is 0.0541 e. The number of hydrogen-bond acceptors (Lipinski definition) is 1. The highest BCUT2D eigenvalue weighted by Gasteiger charge is 2.17. The lowest BCUT2D eigenvalue weighted by Crippen LogP contribution is -2.08. The molecule has 2 heterocycles. The molecule has 2 aromatic heterocycles. The van der Waals surface area contributed by atoms with Gasteiger partial charge in [0.2, 0.25) is 0 Å². The van der Waals surface area contributed by atoms with Gasteiger partial charge in [-0.1, -0.05) is 162 Å². The van der Waals surface area contributed by atoms with Crippen molar-refractivity contribution in [2.24, 2.45) is 0 Å². The SMILES string of the molecule is C=C(C)n1c2ccc(N(C)c3ccccc3)cc2c2cc(-n3c4ccccc4c4cc(C)ccc43)ccc21.Cc1ccccc1.Cc1ccccc1.Cc1ccccc1. The molecule has 0 aliphatic rings. The first-order valence-corrected chi connectivity index (χ1v) is 20.3. The minimum Gasteiger partial charge on any atom is -0.345 e. The summed E-state index contributed by atoms with van der Waals surface area (Å²) >= 11 is 0. The zero-order valence-corrected chi connectivity index (χ0v) is 35.1. The molecule has 0 saturated carbocycles. The molecule has 10 aromatic rings. The normalized spacial score (nSPS) is 10.6. The van der Waals surface area contributed by atoms with Crippen molar-refractivity contribution >= 4 is 60.7 Å². The van der Waals surface area contributed by atoms with Gasteiger partial charge in [-0.2, -0.15) is 0 Å². The highest BCUT2D eigenvalue weighted by atomic mass is 15.1. The van der Waals surface area contributed by atoms with Crippen molar-refractivity contribution in [1.29, 1.82) is 0 Å². The van der Waals surface area contributed by atoms with Crippen LogP contribution in [0, 0.1) is 27.7 Å². The third-order valence-electron chi connectivity index (χ3n) is 10.6. The molecule has 0 saturated heterocycles. The number of benzene rings is 8. The molecule has 3 heteroatoms. The van der Waals surface area contributed by atoms with E-state index < -0.39 is 0 Å². The minimum absolute atomic E-state index is 1.01. The summed E-state index contributed by atoms with van der Waals surface area (Å²) in [5, 5.41) is 5.02. The van der Waals surface area contributed by atoms with Crippen molar-refractivity contribution in [2.45, 2.75) is 34.6 Å². The molecule has 0 N–H and O–H groups in total. The molecular weight excluding hydrogens is 715 g/mol. The Bertz CT molecular complexity index is 2850. The van der Waals surface area contributed by atoms with Crippen LogP contribution in [-0.4, -0.2) is 16.2 Å². The Morgan fingerprint density at radius 3 is 1.36 bits per heavy atom. The van der Waals surface area contributed by atoms with E-state index in [4.69, 9.17) is 0 Å². The summed E-state index contributed by atoms with van der Waals surface area (Å²) in [4.78, 5) is 2.24. The van der Waals surface area contributed by atoms with E-state index in [1.807, 2.05) is 54.6 Å². The topological polar surface area (TPSA) is 13.1 Å². The average molecular weight is 768 g/mol. The summed E-state index contributed by atoms with van der Waals surface area (Å²) in [5.41, 5.74) is 14.5. The van der Waals surface area contributed by atoms with Crippen LogP contribution in [0.25, 0.3) is 55.0 Å². The van der Waals surface area contributed by atoms with Crippen LogP contribution >= 0.6 is 0 Å². The van der Waals surface area contributed by atoms with Gasteiger partial charge < -0.3 is 14.0 Å². The van der Waals surface area contributed by atoms with Crippen molar-refractivity contribution in [3.05, 3.63) is 229 Å². The maximum atomic E-state index is 4.31. The molecule has 0 spiro atoms. The van der Waals surface area contributed by atoms with Crippen LogP contribution in [-0.2, 0) is 0 Å². The zero-order valence-electron chi connectivity index (χ0n) is 35.1. The van der Waals surface area contributed by atoms with Gasteiger partial charge in [0, 0.05) is 51.4 Å². The van der Waals surface area contributed by atoms with Gasteiger partial charge in [0.05, 0.1) is 22.1 Å². The van der Waals surface area contributed by atoms with Crippen LogP contribution in [0.3, 0.4) is 0 Å². The van der Waals surface area contributed by atoms with Crippen LogP contribution in [0.5, 0.6) is 0 Å². The fourth-order valence-electron chi connectivity index (χ4n) is 7.53. The Morgan fingerprint density at radius 1 is 0.390 bits per heavy atom. The third-order valence-corrected chi connectivity index (χ3v) is 10.6. The van der Waals surface area contributed by atoms with E-state index in [-0.39, 0.29) is 0 Å². The van der Waals surface area contributed by atoms with Crippen LogP contribution in [0.2, 0.25) is 0 Å². The highest BCUT2D eigenvalue weighted by Crippen LogP contribution is 2.38. The maximum absolute atomic E-state index is 4.31. The van der Waals surface area contributed by atoms with Crippen LogP contribution < -0.4 is 4.90 Å². The molecule has 0 aliphatic heterocycles. The summed E-state index contributed by atoms with van der Waals surface area (Å²) in [6.45, 7) is 14.8. The number of fused-ring (bicyclic) bond motifs is 6. The number of hydrogen-bond donors (Lipinski definition) is 0. The fourth-order valence-corrected chi connectivity index (χ4v) is 7.53. The predicted octanol–water partition coefficient (Wildman–Crippen LogP) is 15.4.